The molecule has 0 fully saturated rings. The molecule has 0 aliphatic carbocycles. The summed E-state index contributed by atoms with van der Waals surface area (Å²) < 4.78 is 12.5. The monoisotopic (exact) mass is 544 g/mol. The highest BCUT2D eigenvalue weighted by Crippen LogP contribution is 2.44. The molecule has 1 aliphatic heterocycles. The highest BCUT2D eigenvalue weighted by atomic mass is 16.5. The molecule has 1 aliphatic rings. The number of benzene rings is 3. The molecule has 0 radical (unpaired) electrons. The number of nitrogens with one attached hydrogen (secondary N) is 1. The Balaban J connectivity index is 1.19. The number of anilines is 1. The normalized spacial score (nSPS) is 16.0. The highest BCUT2D eigenvalue weighted by Gasteiger charge is 2.34. The molecule has 1 heterocycles. The maximum atomic E-state index is 12.4. The number of nitrogens with zero attached hydrogens (tertiary/aromatic N) is 1. The minimum absolute atomic E-state index is 0.00360. The Bertz CT molecular complexity index is 1380. The number of guanidine groups is 1. The Hall–Kier alpha value is -4.20. The number of nitrogens with two attached hydrogens (primary N) is 2. The molecular formula is C32H40N4O4. The van der Waals surface area contributed by atoms with E-state index in [0.29, 0.717) is 23.7 Å². The van der Waals surface area contributed by atoms with E-state index in [0.717, 1.165) is 71.4 Å². The molecule has 40 heavy (non-hydrogen) atoms. The lowest BCUT2D eigenvalue weighted by atomic mass is 9.85. The van der Waals surface area contributed by atoms with E-state index in [1.54, 1.807) is 12.1 Å². The van der Waals surface area contributed by atoms with Gasteiger partial charge in [-0.25, -0.2) is 4.99 Å². The van der Waals surface area contributed by atoms with Crippen LogP contribution >= 0.6 is 0 Å². The van der Waals surface area contributed by atoms with Crippen molar-refractivity contribution in [2.45, 2.75) is 71.8 Å². The fourth-order valence-electron chi connectivity index (χ4n) is 5.12. The molecule has 1 atom stereocenters. The standard InChI is InChI=1S/C32H40N4O4/c1-20-21(2)30-27(22(3)29(20)38)15-17-32(4,40-30)16-5-6-18-39-26-13-11-24(12-14-26)35-28(37)19-23-7-9-25(10-8-23)36-31(33)34/h7-14,38H,5-6,15-19H2,1-4H3,(H,35,37)(H4,33,34,36). The minimum Gasteiger partial charge on any atom is -0.507 e. The quantitative estimate of drug-likeness (QED) is 0.146. The number of aromatic hydroxyl groups is 1. The maximum Gasteiger partial charge on any atom is 0.228 e. The number of ether oxygens (including phenoxy) is 2. The highest BCUT2D eigenvalue weighted by molar-refractivity contribution is 5.92. The minimum atomic E-state index is -0.220. The molecule has 212 valence electrons. The summed E-state index contributed by atoms with van der Waals surface area (Å²) in [5.74, 6) is 2.00. The average molecular weight is 545 g/mol. The van der Waals surface area contributed by atoms with Gasteiger partial charge >= 0.3 is 0 Å². The van der Waals surface area contributed by atoms with Gasteiger partial charge < -0.3 is 31.4 Å². The summed E-state index contributed by atoms with van der Waals surface area (Å²) in [4.78, 5) is 16.4. The van der Waals surface area contributed by atoms with Gasteiger partial charge in [0, 0.05) is 11.3 Å². The molecule has 0 bridgehead atoms. The van der Waals surface area contributed by atoms with Crippen LogP contribution in [-0.2, 0) is 17.6 Å². The van der Waals surface area contributed by atoms with Crippen molar-refractivity contribution in [1.82, 2.24) is 0 Å². The molecule has 0 saturated carbocycles. The summed E-state index contributed by atoms with van der Waals surface area (Å²) in [5.41, 5.74) is 16.8. The fourth-order valence-corrected chi connectivity index (χ4v) is 5.12. The van der Waals surface area contributed by atoms with Crippen molar-refractivity contribution in [3.8, 4) is 17.2 Å². The second-order valence-electron chi connectivity index (χ2n) is 10.8. The second kappa shape index (κ2) is 12.3. The van der Waals surface area contributed by atoms with Crippen molar-refractivity contribution in [1.29, 1.82) is 0 Å². The fraction of sp³-hybridized carbons (Fsp3) is 0.375. The number of unbranched alkanes of at least 4 members (excludes halogenated alkanes) is 1. The second-order valence-corrected chi connectivity index (χ2v) is 10.8. The summed E-state index contributed by atoms with van der Waals surface area (Å²) in [6.07, 6.45) is 4.93. The molecule has 0 aromatic heterocycles. The van der Waals surface area contributed by atoms with Gasteiger partial charge in [0.25, 0.3) is 0 Å². The SMILES string of the molecule is Cc1c(C)c2c(c(C)c1O)CCC(C)(CCCCOc1ccc(NC(=O)Cc3ccc(N=C(N)N)cc3)cc1)O2. The first kappa shape index (κ1) is 28.8. The van der Waals surface area contributed by atoms with Gasteiger partial charge in [0.1, 0.15) is 22.8 Å². The summed E-state index contributed by atoms with van der Waals surface area (Å²) in [5, 5.41) is 13.3. The first-order valence-corrected chi connectivity index (χ1v) is 13.8. The van der Waals surface area contributed by atoms with Crippen LogP contribution < -0.4 is 26.3 Å². The van der Waals surface area contributed by atoms with Crippen LogP contribution in [0.25, 0.3) is 0 Å². The first-order valence-electron chi connectivity index (χ1n) is 13.8. The molecule has 0 spiro atoms. The molecular weight excluding hydrogens is 504 g/mol. The van der Waals surface area contributed by atoms with Crippen LogP contribution in [0.5, 0.6) is 17.2 Å². The molecule has 8 heteroatoms. The van der Waals surface area contributed by atoms with Crippen LogP contribution in [0.1, 0.15) is 60.4 Å². The van der Waals surface area contributed by atoms with E-state index in [1.807, 2.05) is 57.2 Å². The van der Waals surface area contributed by atoms with Crippen LogP contribution in [0.3, 0.4) is 0 Å². The number of fused-ring (bicyclic) bond motifs is 1. The number of rotatable bonds is 10. The Kier molecular flexibility index (Phi) is 8.87. The number of phenols is 1. The van der Waals surface area contributed by atoms with Crippen molar-refractivity contribution in [3.05, 3.63) is 76.3 Å². The molecule has 1 amide bonds. The lowest BCUT2D eigenvalue weighted by Gasteiger charge is -2.38. The Morgan fingerprint density at radius 2 is 1.73 bits per heavy atom. The Morgan fingerprint density at radius 3 is 2.40 bits per heavy atom. The third kappa shape index (κ3) is 7.05. The zero-order valence-electron chi connectivity index (χ0n) is 23.8. The molecule has 3 aromatic carbocycles. The van der Waals surface area contributed by atoms with E-state index in [1.165, 1.54) is 0 Å². The first-order chi connectivity index (χ1) is 19.0. The van der Waals surface area contributed by atoms with Crippen molar-refractivity contribution in [3.63, 3.8) is 0 Å². The van der Waals surface area contributed by atoms with Crippen LogP contribution in [0, 0.1) is 20.8 Å². The van der Waals surface area contributed by atoms with E-state index in [2.05, 4.69) is 17.2 Å². The van der Waals surface area contributed by atoms with Gasteiger partial charge in [-0.3, -0.25) is 4.79 Å². The van der Waals surface area contributed by atoms with E-state index in [4.69, 9.17) is 20.9 Å². The summed E-state index contributed by atoms with van der Waals surface area (Å²) in [7, 11) is 0. The van der Waals surface area contributed by atoms with Crippen LogP contribution in [0.15, 0.2) is 53.5 Å². The lowest BCUT2D eigenvalue weighted by Crippen LogP contribution is -2.37. The van der Waals surface area contributed by atoms with E-state index in [9.17, 15) is 9.90 Å². The van der Waals surface area contributed by atoms with E-state index in [-0.39, 0.29) is 23.9 Å². The molecule has 4 rings (SSSR count). The molecule has 3 aromatic rings. The summed E-state index contributed by atoms with van der Waals surface area (Å²) in [6.45, 7) is 8.74. The summed E-state index contributed by atoms with van der Waals surface area (Å²) >= 11 is 0. The molecule has 6 N–H and O–H groups in total. The zero-order valence-corrected chi connectivity index (χ0v) is 23.8. The third-order valence-electron chi connectivity index (χ3n) is 7.66. The topological polar surface area (TPSA) is 132 Å². The van der Waals surface area contributed by atoms with Gasteiger partial charge in [-0.05, 0) is 118 Å². The van der Waals surface area contributed by atoms with Crippen LogP contribution in [-0.4, -0.2) is 29.2 Å². The van der Waals surface area contributed by atoms with Crippen LogP contribution in [0.4, 0.5) is 11.4 Å². The maximum absolute atomic E-state index is 12.4. The van der Waals surface area contributed by atoms with Gasteiger partial charge in [0.2, 0.25) is 5.91 Å². The van der Waals surface area contributed by atoms with Gasteiger partial charge in [-0.1, -0.05) is 12.1 Å². The van der Waals surface area contributed by atoms with Gasteiger partial charge in [-0.2, -0.15) is 0 Å². The molecule has 8 nitrogen and oxygen atoms in total. The number of hydrogen-bond acceptors (Lipinski definition) is 5. The summed E-state index contributed by atoms with van der Waals surface area (Å²) in [6, 6.07) is 14.6. The van der Waals surface area contributed by atoms with Gasteiger partial charge in [0.15, 0.2) is 5.96 Å². The number of aliphatic imine (C=N–C) groups is 1. The van der Waals surface area contributed by atoms with Crippen molar-refractivity contribution >= 4 is 23.2 Å². The van der Waals surface area contributed by atoms with E-state index >= 15 is 0 Å². The predicted molar refractivity (Wildman–Crippen MR) is 160 cm³/mol. The van der Waals surface area contributed by atoms with Crippen molar-refractivity contribution < 1.29 is 19.4 Å². The predicted octanol–water partition coefficient (Wildman–Crippen LogP) is 5.74. The smallest absolute Gasteiger partial charge is 0.228 e. The van der Waals surface area contributed by atoms with Crippen molar-refractivity contribution in [2.24, 2.45) is 16.5 Å². The number of carbonyl (C=O) groups is 1. The molecule has 0 saturated heterocycles. The van der Waals surface area contributed by atoms with Crippen LogP contribution in [0.2, 0.25) is 0 Å². The largest absolute Gasteiger partial charge is 0.507 e. The zero-order chi connectivity index (χ0) is 28.9. The third-order valence-corrected chi connectivity index (χ3v) is 7.66. The number of phenolic OH excluding ortho intramolecular Hbond substituents is 1. The average Bonchev–Trinajstić information content (AvgIpc) is 2.92. The number of hydrogen-bond donors (Lipinski definition) is 4. The van der Waals surface area contributed by atoms with Gasteiger partial charge in [-0.15, -0.1) is 0 Å². The number of carbonyl (C=O) groups excluding carboxylic acids is 1. The lowest BCUT2D eigenvalue weighted by molar-refractivity contribution is -0.115. The molecule has 1 unspecified atom stereocenters. The Labute approximate surface area is 236 Å². The Morgan fingerprint density at radius 1 is 1.02 bits per heavy atom. The van der Waals surface area contributed by atoms with E-state index < -0.39 is 0 Å². The number of amides is 1. The van der Waals surface area contributed by atoms with Crippen molar-refractivity contribution in [2.75, 3.05) is 11.9 Å². The van der Waals surface area contributed by atoms with Gasteiger partial charge in [0.05, 0.1) is 18.7 Å².